The monoisotopic (exact) mass is 406 g/mol. The van der Waals surface area contributed by atoms with Gasteiger partial charge in [-0.15, -0.1) is 0 Å². The fourth-order valence-corrected chi connectivity index (χ4v) is 3.04. The number of halogens is 2. The number of amides is 2. The number of nitrogen functional groups attached to an aromatic ring is 1. The molecule has 10 heteroatoms. The summed E-state index contributed by atoms with van der Waals surface area (Å²) < 4.78 is 32.5. The summed E-state index contributed by atoms with van der Waals surface area (Å²) in [6.07, 6.45) is 0. The molecule has 2 aromatic rings. The van der Waals surface area contributed by atoms with E-state index < -0.39 is 29.2 Å². The maximum Gasteiger partial charge on any atom is 0.313 e. The molecule has 0 aliphatic carbocycles. The molecule has 0 bridgehead atoms. The van der Waals surface area contributed by atoms with E-state index in [0.717, 1.165) is 0 Å². The number of benzene rings is 2. The number of nitrogens with two attached hydrogens (primary N) is 1. The van der Waals surface area contributed by atoms with E-state index in [1.54, 1.807) is 4.90 Å². The number of ether oxygens (including phenoxy) is 1. The van der Waals surface area contributed by atoms with E-state index in [-0.39, 0.29) is 30.2 Å². The fraction of sp³-hybridized carbons (Fsp3) is 0.263. The van der Waals surface area contributed by atoms with Crippen LogP contribution in [0.25, 0.3) is 0 Å². The molecule has 0 atom stereocenters. The minimum atomic E-state index is -0.857. The van der Waals surface area contributed by atoms with E-state index in [0.29, 0.717) is 18.8 Å². The topological polar surface area (TPSA) is 108 Å². The first-order valence-electron chi connectivity index (χ1n) is 8.77. The lowest BCUT2D eigenvalue weighted by Crippen LogP contribution is -2.51. The van der Waals surface area contributed by atoms with Crippen molar-refractivity contribution in [2.24, 2.45) is 0 Å². The predicted molar refractivity (Wildman–Crippen MR) is 103 cm³/mol. The van der Waals surface area contributed by atoms with Crippen LogP contribution in [0.4, 0.5) is 25.8 Å². The smallest absolute Gasteiger partial charge is 0.313 e. The van der Waals surface area contributed by atoms with Gasteiger partial charge >= 0.3 is 11.8 Å². The second-order valence-electron chi connectivity index (χ2n) is 6.45. The van der Waals surface area contributed by atoms with Crippen LogP contribution in [0.1, 0.15) is 0 Å². The van der Waals surface area contributed by atoms with Crippen LogP contribution in [0.15, 0.2) is 30.3 Å². The number of nitrogens with zero attached hydrogens (tertiary/aromatic N) is 2. The molecule has 1 saturated heterocycles. The van der Waals surface area contributed by atoms with Gasteiger partial charge < -0.3 is 30.7 Å². The van der Waals surface area contributed by atoms with E-state index in [9.17, 15) is 23.5 Å². The molecule has 0 spiro atoms. The largest absolute Gasteiger partial charge is 0.506 e. The molecule has 0 unspecified atom stereocenters. The Morgan fingerprint density at radius 2 is 1.72 bits per heavy atom. The van der Waals surface area contributed by atoms with E-state index in [2.05, 4.69) is 10.1 Å². The number of phenolic OH excluding ortho intramolecular Hbond substituents is 1. The molecule has 3 rings (SSSR count). The normalized spacial score (nSPS) is 13.9. The summed E-state index contributed by atoms with van der Waals surface area (Å²) in [5.74, 6) is -3.88. The van der Waals surface area contributed by atoms with E-state index in [4.69, 9.17) is 5.73 Å². The highest BCUT2D eigenvalue weighted by Gasteiger charge is 2.27. The van der Waals surface area contributed by atoms with Gasteiger partial charge in [0.15, 0.2) is 17.4 Å². The molecule has 1 fully saturated rings. The molecule has 154 valence electrons. The molecule has 2 amide bonds. The summed E-state index contributed by atoms with van der Waals surface area (Å²) >= 11 is 0. The van der Waals surface area contributed by atoms with Crippen molar-refractivity contribution in [1.82, 2.24) is 4.90 Å². The zero-order chi connectivity index (χ0) is 21.1. The second-order valence-corrected chi connectivity index (χ2v) is 6.45. The number of rotatable bonds is 3. The van der Waals surface area contributed by atoms with Crippen molar-refractivity contribution in [3.8, 4) is 11.5 Å². The highest BCUT2D eigenvalue weighted by atomic mass is 19.1. The molecule has 29 heavy (non-hydrogen) atoms. The average Bonchev–Trinajstić information content (AvgIpc) is 2.70. The predicted octanol–water partition coefficient (Wildman–Crippen LogP) is 1.55. The molecule has 0 saturated carbocycles. The maximum absolute atomic E-state index is 13.9. The summed E-state index contributed by atoms with van der Waals surface area (Å²) in [5.41, 5.74) is 6.21. The van der Waals surface area contributed by atoms with Crippen LogP contribution in [-0.4, -0.2) is 55.1 Å². The molecular weight excluding hydrogens is 386 g/mol. The van der Waals surface area contributed by atoms with Gasteiger partial charge in [0, 0.05) is 55.8 Å². The Balaban J connectivity index is 1.60. The third kappa shape index (κ3) is 4.31. The number of carbonyl (C=O) groups excluding carboxylic acids is 2. The molecule has 4 N–H and O–H groups in total. The summed E-state index contributed by atoms with van der Waals surface area (Å²) in [6.45, 7) is 1.00. The maximum atomic E-state index is 13.9. The van der Waals surface area contributed by atoms with Gasteiger partial charge in [0.05, 0.1) is 12.8 Å². The molecule has 1 aliphatic heterocycles. The lowest BCUT2D eigenvalue weighted by Gasteiger charge is -2.35. The Bertz CT molecular complexity index is 923. The van der Waals surface area contributed by atoms with Gasteiger partial charge in [0.1, 0.15) is 5.75 Å². The lowest BCUT2D eigenvalue weighted by atomic mass is 10.2. The standard InChI is InChI=1S/C19H20F2N4O4/c1-29-17-13(20)9-12(10-14(17)21)24-4-6-25(7-5-24)19(28)18(27)23-11-2-3-15(22)16(26)8-11/h2-3,8-10,26H,4-7,22H2,1H3,(H,23,27). The molecule has 0 radical (unpaired) electrons. The molecule has 1 heterocycles. The van der Waals surface area contributed by atoms with Crippen molar-refractivity contribution in [3.05, 3.63) is 42.0 Å². The van der Waals surface area contributed by atoms with Crippen LogP contribution in [0.5, 0.6) is 11.5 Å². The highest BCUT2D eigenvalue weighted by Crippen LogP contribution is 2.28. The van der Waals surface area contributed by atoms with Crippen molar-refractivity contribution in [1.29, 1.82) is 0 Å². The number of aromatic hydroxyl groups is 1. The quantitative estimate of drug-likeness (QED) is 0.406. The van der Waals surface area contributed by atoms with Crippen molar-refractivity contribution >= 4 is 28.9 Å². The first kappa shape index (κ1) is 20.2. The zero-order valence-corrected chi connectivity index (χ0v) is 15.6. The minimum absolute atomic E-state index is 0.150. The Hall–Kier alpha value is -3.56. The van der Waals surface area contributed by atoms with Crippen molar-refractivity contribution in [2.45, 2.75) is 0 Å². The van der Waals surface area contributed by atoms with Crippen LogP contribution in [0.3, 0.4) is 0 Å². The number of piperazine rings is 1. The second kappa shape index (κ2) is 8.21. The number of nitrogens with one attached hydrogen (secondary N) is 1. The van der Waals surface area contributed by atoms with Crippen LogP contribution in [0, 0.1) is 11.6 Å². The number of methoxy groups -OCH3 is 1. The van der Waals surface area contributed by atoms with Crippen molar-refractivity contribution in [2.75, 3.05) is 49.2 Å². The average molecular weight is 406 g/mol. The summed E-state index contributed by atoms with van der Waals surface area (Å²) in [5, 5.41) is 12.0. The van der Waals surface area contributed by atoms with Gasteiger partial charge in [-0.25, -0.2) is 8.78 Å². The van der Waals surface area contributed by atoms with Crippen LogP contribution >= 0.6 is 0 Å². The van der Waals surface area contributed by atoms with Crippen molar-refractivity contribution in [3.63, 3.8) is 0 Å². The number of hydrogen-bond acceptors (Lipinski definition) is 6. The lowest BCUT2D eigenvalue weighted by molar-refractivity contribution is -0.143. The fourth-order valence-electron chi connectivity index (χ4n) is 3.04. The SMILES string of the molecule is COc1c(F)cc(N2CCN(C(=O)C(=O)Nc3ccc(N)c(O)c3)CC2)cc1F. The van der Waals surface area contributed by atoms with Gasteiger partial charge in [-0.2, -0.15) is 0 Å². The first-order chi connectivity index (χ1) is 13.8. The molecule has 2 aromatic carbocycles. The zero-order valence-electron chi connectivity index (χ0n) is 15.6. The van der Waals surface area contributed by atoms with Crippen molar-refractivity contribution < 1.29 is 28.2 Å². The van der Waals surface area contributed by atoms with Crippen LogP contribution in [-0.2, 0) is 9.59 Å². The van der Waals surface area contributed by atoms with Gasteiger partial charge in [-0.05, 0) is 12.1 Å². The minimum Gasteiger partial charge on any atom is -0.506 e. The van der Waals surface area contributed by atoms with Gasteiger partial charge in [0.25, 0.3) is 0 Å². The molecule has 1 aliphatic rings. The van der Waals surface area contributed by atoms with Crippen LogP contribution in [0.2, 0.25) is 0 Å². The third-order valence-electron chi connectivity index (χ3n) is 4.60. The Labute approximate surface area is 165 Å². The molecule has 8 nitrogen and oxygen atoms in total. The number of hydrogen-bond donors (Lipinski definition) is 3. The number of anilines is 3. The van der Waals surface area contributed by atoms with E-state index in [1.165, 1.54) is 42.3 Å². The van der Waals surface area contributed by atoms with E-state index >= 15 is 0 Å². The van der Waals surface area contributed by atoms with E-state index in [1.807, 2.05) is 0 Å². The Morgan fingerprint density at radius 1 is 1.10 bits per heavy atom. The Morgan fingerprint density at radius 3 is 2.28 bits per heavy atom. The van der Waals surface area contributed by atoms with Gasteiger partial charge in [0.2, 0.25) is 0 Å². The molecular formula is C19H20F2N4O4. The molecule has 0 aromatic heterocycles. The number of phenols is 1. The summed E-state index contributed by atoms with van der Waals surface area (Å²) in [7, 11) is 1.18. The third-order valence-corrected chi connectivity index (χ3v) is 4.60. The first-order valence-corrected chi connectivity index (χ1v) is 8.77. The van der Waals surface area contributed by atoms with Gasteiger partial charge in [-0.1, -0.05) is 0 Å². The summed E-state index contributed by atoms with van der Waals surface area (Å²) in [6, 6.07) is 6.44. The van der Waals surface area contributed by atoms with Crippen LogP contribution < -0.4 is 20.7 Å². The Kier molecular flexibility index (Phi) is 5.71. The number of carbonyl (C=O) groups is 2. The highest BCUT2D eigenvalue weighted by molar-refractivity contribution is 6.39. The van der Waals surface area contributed by atoms with Gasteiger partial charge in [-0.3, -0.25) is 9.59 Å². The summed E-state index contributed by atoms with van der Waals surface area (Å²) in [4.78, 5) is 27.6.